The van der Waals surface area contributed by atoms with Crippen LogP contribution >= 0.6 is 11.6 Å². The molecule has 0 aromatic heterocycles. The Morgan fingerprint density at radius 3 is 3.00 bits per heavy atom. The van der Waals surface area contributed by atoms with Crippen LogP contribution in [-0.4, -0.2) is 41.5 Å². The van der Waals surface area contributed by atoms with E-state index in [2.05, 4.69) is 0 Å². The summed E-state index contributed by atoms with van der Waals surface area (Å²) in [5.74, 6) is 1.06. The molecule has 1 amide bonds. The summed E-state index contributed by atoms with van der Waals surface area (Å²) in [5, 5.41) is 9.49. The summed E-state index contributed by atoms with van der Waals surface area (Å²) in [4.78, 5) is 13.6. The van der Waals surface area contributed by atoms with Gasteiger partial charge in [-0.1, -0.05) is 6.42 Å². The minimum atomic E-state index is 0.0158. The molecule has 86 valence electrons. The first-order valence-corrected chi connectivity index (χ1v) is 6.20. The lowest BCUT2D eigenvalue weighted by atomic mass is 9.82. The normalized spacial score (nSPS) is 34.5. The maximum Gasteiger partial charge on any atom is 0.223 e. The van der Waals surface area contributed by atoms with Gasteiger partial charge in [-0.25, -0.2) is 0 Å². The molecule has 2 fully saturated rings. The molecule has 0 spiro atoms. The second kappa shape index (κ2) is 4.30. The van der Waals surface area contributed by atoms with Crippen molar-refractivity contribution in [3.05, 3.63) is 0 Å². The third kappa shape index (κ3) is 1.87. The zero-order chi connectivity index (χ0) is 10.9. The number of hydrogen-bond donors (Lipinski definition) is 1. The monoisotopic (exact) mass is 231 g/mol. The van der Waals surface area contributed by atoms with E-state index in [4.69, 9.17) is 11.6 Å². The number of amides is 1. The Morgan fingerprint density at radius 2 is 2.40 bits per heavy atom. The van der Waals surface area contributed by atoms with Crippen LogP contribution in [0.2, 0.25) is 0 Å². The lowest BCUT2D eigenvalue weighted by molar-refractivity contribution is -0.130. The molecule has 0 unspecified atom stereocenters. The van der Waals surface area contributed by atoms with Crippen molar-refractivity contribution in [2.75, 3.05) is 25.6 Å². The van der Waals surface area contributed by atoms with Gasteiger partial charge in [-0.05, 0) is 18.8 Å². The second-order valence-electron chi connectivity index (χ2n) is 4.82. The summed E-state index contributed by atoms with van der Waals surface area (Å²) in [5.41, 5.74) is 0.0158. The molecule has 0 aromatic carbocycles. The SMILES string of the molecule is O=C(CCCl)N1C[C@H]2CCC[C@]2(CO)C1. The van der Waals surface area contributed by atoms with Crippen LogP contribution in [-0.2, 0) is 4.79 Å². The van der Waals surface area contributed by atoms with Crippen molar-refractivity contribution in [3.8, 4) is 0 Å². The smallest absolute Gasteiger partial charge is 0.223 e. The second-order valence-corrected chi connectivity index (χ2v) is 5.20. The number of carbonyl (C=O) groups excluding carboxylic acids is 1. The van der Waals surface area contributed by atoms with Crippen LogP contribution in [0.1, 0.15) is 25.7 Å². The van der Waals surface area contributed by atoms with Gasteiger partial charge in [0.25, 0.3) is 0 Å². The molecule has 2 atom stereocenters. The van der Waals surface area contributed by atoms with Gasteiger partial charge in [0.2, 0.25) is 5.91 Å². The van der Waals surface area contributed by atoms with Crippen molar-refractivity contribution in [2.45, 2.75) is 25.7 Å². The number of likely N-dealkylation sites (tertiary alicyclic amines) is 1. The summed E-state index contributed by atoms with van der Waals surface area (Å²) < 4.78 is 0. The molecule has 1 aliphatic heterocycles. The van der Waals surface area contributed by atoms with E-state index < -0.39 is 0 Å². The minimum absolute atomic E-state index is 0.0158. The first-order valence-electron chi connectivity index (χ1n) is 5.66. The lowest BCUT2D eigenvalue weighted by Gasteiger charge is -2.25. The van der Waals surface area contributed by atoms with E-state index in [1.807, 2.05) is 4.90 Å². The minimum Gasteiger partial charge on any atom is -0.396 e. The zero-order valence-corrected chi connectivity index (χ0v) is 9.67. The summed E-state index contributed by atoms with van der Waals surface area (Å²) >= 11 is 5.57. The standard InChI is InChI=1S/C11H18ClNO2/c12-5-3-10(15)13-6-9-2-1-4-11(9,7-13)8-14/h9,14H,1-8H2/t9-,11-/m1/s1. The molecule has 2 aliphatic rings. The fraction of sp³-hybridized carbons (Fsp3) is 0.909. The van der Waals surface area contributed by atoms with E-state index in [9.17, 15) is 9.90 Å². The molecule has 3 nitrogen and oxygen atoms in total. The molecule has 1 saturated carbocycles. The first kappa shape index (κ1) is 11.2. The van der Waals surface area contributed by atoms with Crippen molar-refractivity contribution in [2.24, 2.45) is 11.3 Å². The number of alkyl halides is 1. The molecule has 1 heterocycles. The predicted molar refractivity (Wildman–Crippen MR) is 58.8 cm³/mol. The molecule has 0 bridgehead atoms. The Morgan fingerprint density at radius 1 is 1.60 bits per heavy atom. The number of carbonyl (C=O) groups is 1. The van der Waals surface area contributed by atoms with E-state index in [-0.39, 0.29) is 17.9 Å². The highest BCUT2D eigenvalue weighted by Crippen LogP contribution is 2.48. The van der Waals surface area contributed by atoms with Crippen LogP contribution in [0.4, 0.5) is 0 Å². The fourth-order valence-corrected chi connectivity index (χ4v) is 3.26. The Bertz CT molecular complexity index is 259. The van der Waals surface area contributed by atoms with Crippen molar-refractivity contribution in [1.29, 1.82) is 0 Å². The third-order valence-corrected chi connectivity index (χ3v) is 4.20. The molecule has 15 heavy (non-hydrogen) atoms. The Labute approximate surface area is 95.4 Å². The van der Waals surface area contributed by atoms with Gasteiger partial charge < -0.3 is 10.0 Å². The molecule has 1 aliphatic carbocycles. The van der Waals surface area contributed by atoms with Crippen molar-refractivity contribution in [3.63, 3.8) is 0 Å². The Kier molecular flexibility index (Phi) is 3.21. The number of aliphatic hydroxyl groups is 1. The highest BCUT2D eigenvalue weighted by molar-refractivity contribution is 6.18. The summed E-state index contributed by atoms with van der Waals surface area (Å²) in [7, 11) is 0. The van der Waals surface area contributed by atoms with Gasteiger partial charge in [-0.2, -0.15) is 0 Å². The summed E-state index contributed by atoms with van der Waals surface area (Å²) in [6, 6.07) is 0. The highest BCUT2D eigenvalue weighted by atomic mass is 35.5. The van der Waals surface area contributed by atoms with E-state index in [0.29, 0.717) is 18.2 Å². The van der Waals surface area contributed by atoms with E-state index >= 15 is 0 Å². The number of rotatable bonds is 3. The van der Waals surface area contributed by atoms with Gasteiger partial charge in [0.15, 0.2) is 0 Å². The molecular formula is C11H18ClNO2. The van der Waals surface area contributed by atoms with Gasteiger partial charge in [0, 0.05) is 30.8 Å². The number of nitrogens with zero attached hydrogens (tertiary/aromatic N) is 1. The van der Waals surface area contributed by atoms with Gasteiger partial charge in [-0.15, -0.1) is 11.6 Å². The molecule has 1 saturated heterocycles. The fourth-order valence-electron chi connectivity index (χ4n) is 3.10. The van der Waals surface area contributed by atoms with E-state index in [1.165, 1.54) is 6.42 Å². The average molecular weight is 232 g/mol. The first-order chi connectivity index (χ1) is 7.22. The molecule has 2 rings (SSSR count). The van der Waals surface area contributed by atoms with Gasteiger partial charge in [0.1, 0.15) is 0 Å². The van der Waals surface area contributed by atoms with E-state index in [0.717, 1.165) is 25.9 Å². The van der Waals surface area contributed by atoms with Gasteiger partial charge >= 0.3 is 0 Å². The number of halogens is 1. The number of aliphatic hydroxyl groups excluding tert-OH is 1. The highest BCUT2D eigenvalue weighted by Gasteiger charge is 2.49. The molecule has 4 heteroatoms. The Hall–Kier alpha value is -0.280. The summed E-state index contributed by atoms with van der Waals surface area (Å²) in [6.07, 6.45) is 3.85. The van der Waals surface area contributed by atoms with Crippen molar-refractivity contribution >= 4 is 17.5 Å². The van der Waals surface area contributed by atoms with Gasteiger partial charge in [0.05, 0.1) is 6.61 Å². The van der Waals surface area contributed by atoms with Crippen LogP contribution in [0.25, 0.3) is 0 Å². The van der Waals surface area contributed by atoms with Gasteiger partial charge in [-0.3, -0.25) is 4.79 Å². The van der Waals surface area contributed by atoms with Crippen LogP contribution < -0.4 is 0 Å². The largest absolute Gasteiger partial charge is 0.396 e. The van der Waals surface area contributed by atoms with Crippen LogP contribution in [0.15, 0.2) is 0 Å². The maximum absolute atomic E-state index is 11.7. The lowest BCUT2D eigenvalue weighted by Crippen LogP contribution is -2.34. The van der Waals surface area contributed by atoms with Crippen molar-refractivity contribution in [1.82, 2.24) is 4.90 Å². The number of hydrogen-bond acceptors (Lipinski definition) is 2. The predicted octanol–water partition coefficient (Wildman–Crippen LogP) is 1.24. The number of fused-ring (bicyclic) bond motifs is 1. The third-order valence-electron chi connectivity index (χ3n) is 4.02. The van der Waals surface area contributed by atoms with E-state index in [1.54, 1.807) is 0 Å². The molecule has 1 N–H and O–H groups in total. The molecule has 0 aromatic rings. The quantitative estimate of drug-likeness (QED) is 0.743. The zero-order valence-electron chi connectivity index (χ0n) is 8.91. The Balaban J connectivity index is 2.01. The maximum atomic E-state index is 11.7. The molecular weight excluding hydrogens is 214 g/mol. The topological polar surface area (TPSA) is 40.5 Å². The van der Waals surface area contributed by atoms with Crippen LogP contribution in [0.3, 0.4) is 0 Å². The average Bonchev–Trinajstić information content (AvgIpc) is 2.73. The van der Waals surface area contributed by atoms with Crippen LogP contribution in [0.5, 0.6) is 0 Å². The summed E-state index contributed by atoms with van der Waals surface area (Å²) in [6.45, 7) is 1.79. The molecule has 0 radical (unpaired) electrons. The van der Waals surface area contributed by atoms with Crippen molar-refractivity contribution < 1.29 is 9.90 Å². The van der Waals surface area contributed by atoms with Crippen LogP contribution in [0, 0.1) is 11.3 Å².